The summed E-state index contributed by atoms with van der Waals surface area (Å²) in [7, 11) is 0. The van der Waals surface area contributed by atoms with Crippen molar-refractivity contribution < 1.29 is 13.9 Å². The Morgan fingerprint density at radius 2 is 1.88 bits per heavy atom. The highest BCUT2D eigenvalue weighted by atomic mass is 19.1. The number of halogens is 1. The first-order chi connectivity index (χ1) is 7.44. The van der Waals surface area contributed by atoms with E-state index >= 15 is 0 Å². The first kappa shape index (κ1) is 12.8. The first-order valence-corrected chi connectivity index (χ1v) is 5.37. The van der Waals surface area contributed by atoms with E-state index in [9.17, 15) is 9.18 Å². The Balaban J connectivity index is 2.56. The van der Waals surface area contributed by atoms with Gasteiger partial charge in [0.2, 0.25) is 0 Å². The molecule has 0 heterocycles. The molecule has 16 heavy (non-hydrogen) atoms. The van der Waals surface area contributed by atoms with Gasteiger partial charge in [0.15, 0.2) is 5.78 Å². The monoisotopic (exact) mass is 224 g/mol. The zero-order chi connectivity index (χ0) is 12.2. The summed E-state index contributed by atoms with van der Waals surface area (Å²) in [6, 6.07) is 5.50. The number of hydrogen-bond donors (Lipinski definition) is 0. The van der Waals surface area contributed by atoms with Gasteiger partial charge in [-0.15, -0.1) is 0 Å². The molecule has 2 nitrogen and oxygen atoms in total. The number of hydrogen-bond acceptors (Lipinski definition) is 2. The fourth-order valence-corrected chi connectivity index (χ4v) is 1.08. The molecule has 88 valence electrons. The third kappa shape index (κ3) is 3.74. The predicted molar refractivity (Wildman–Crippen MR) is 61.1 cm³/mol. The molecule has 0 aliphatic heterocycles. The molecule has 1 aromatic rings. The molecule has 0 atom stereocenters. The first-order valence-electron chi connectivity index (χ1n) is 5.37. The molecule has 0 spiro atoms. The van der Waals surface area contributed by atoms with Gasteiger partial charge >= 0.3 is 0 Å². The number of ether oxygens (including phenoxy) is 1. The van der Waals surface area contributed by atoms with Crippen molar-refractivity contribution >= 4 is 5.78 Å². The van der Waals surface area contributed by atoms with E-state index in [0.717, 1.165) is 6.42 Å². The molecular formula is C13H17FO2. The van der Waals surface area contributed by atoms with Gasteiger partial charge in [-0.1, -0.05) is 6.92 Å². The Morgan fingerprint density at radius 1 is 1.31 bits per heavy atom. The summed E-state index contributed by atoms with van der Waals surface area (Å²) in [5.41, 5.74) is 0.184. The van der Waals surface area contributed by atoms with Crippen molar-refractivity contribution in [2.45, 2.75) is 32.8 Å². The fraction of sp³-hybridized carbons (Fsp3) is 0.462. The summed E-state index contributed by atoms with van der Waals surface area (Å²) in [6.45, 7) is 5.91. The SMILES string of the molecule is CCC(C)(C)OCC(=O)c1ccc(F)cc1. The van der Waals surface area contributed by atoms with Crippen LogP contribution in [0.3, 0.4) is 0 Å². The molecule has 0 amide bonds. The highest BCUT2D eigenvalue weighted by Gasteiger charge is 2.17. The summed E-state index contributed by atoms with van der Waals surface area (Å²) in [4.78, 5) is 11.7. The van der Waals surface area contributed by atoms with E-state index in [1.54, 1.807) is 0 Å². The van der Waals surface area contributed by atoms with Gasteiger partial charge < -0.3 is 4.74 Å². The molecule has 0 bridgehead atoms. The molecular weight excluding hydrogens is 207 g/mol. The molecule has 0 fully saturated rings. The minimum Gasteiger partial charge on any atom is -0.367 e. The molecule has 3 heteroatoms. The molecule has 1 aromatic carbocycles. The van der Waals surface area contributed by atoms with Crippen LogP contribution in [0.5, 0.6) is 0 Å². The minimum absolute atomic E-state index is 0.0342. The van der Waals surface area contributed by atoms with Crippen LogP contribution < -0.4 is 0 Å². The lowest BCUT2D eigenvalue weighted by Crippen LogP contribution is -2.26. The Kier molecular flexibility index (Phi) is 4.19. The average Bonchev–Trinajstić information content (AvgIpc) is 2.27. The van der Waals surface area contributed by atoms with Crippen molar-refractivity contribution in [3.63, 3.8) is 0 Å². The Hall–Kier alpha value is -1.22. The number of carbonyl (C=O) groups is 1. The Morgan fingerprint density at radius 3 is 2.38 bits per heavy atom. The average molecular weight is 224 g/mol. The lowest BCUT2D eigenvalue weighted by molar-refractivity contribution is -0.0122. The Labute approximate surface area is 95.4 Å². The van der Waals surface area contributed by atoms with E-state index in [-0.39, 0.29) is 23.8 Å². The maximum Gasteiger partial charge on any atom is 0.188 e. The van der Waals surface area contributed by atoms with E-state index < -0.39 is 0 Å². The van der Waals surface area contributed by atoms with Gasteiger partial charge in [0.1, 0.15) is 12.4 Å². The van der Waals surface area contributed by atoms with Gasteiger partial charge in [0, 0.05) is 5.56 Å². The second kappa shape index (κ2) is 5.21. The smallest absolute Gasteiger partial charge is 0.188 e. The zero-order valence-corrected chi connectivity index (χ0v) is 9.92. The molecule has 0 aliphatic carbocycles. The second-order valence-corrected chi connectivity index (χ2v) is 4.33. The van der Waals surface area contributed by atoms with Crippen molar-refractivity contribution in [1.82, 2.24) is 0 Å². The highest BCUT2D eigenvalue weighted by molar-refractivity contribution is 5.97. The van der Waals surface area contributed by atoms with Gasteiger partial charge in [-0.2, -0.15) is 0 Å². The van der Waals surface area contributed by atoms with Crippen LogP contribution in [-0.2, 0) is 4.74 Å². The lowest BCUT2D eigenvalue weighted by atomic mass is 10.1. The number of ketones is 1. The summed E-state index contributed by atoms with van der Waals surface area (Å²) in [5.74, 6) is -0.465. The maximum absolute atomic E-state index is 12.6. The zero-order valence-electron chi connectivity index (χ0n) is 9.92. The van der Waals surface area contributed by atoms with E-state index in [4.69, 9.17) is 4.74 Å². The van der Waals surface area contributed by atoms with Gasteiger partial charge in [-0.3, -0.25) is 4.79 Å². The van der Waals surface area contributed by atoms with E-state index in [2.05, 4.69) is 0 Å². The molecule has 1 rings (SSSR count). The van der Waals surface area contributed by atoms with Crippen LogP contribution in [0, 0.1) is 5.82 Å². The number of Topliss-reactive ketones (excluding diaryl/α,β-unsaturated/α-hetero) is 1. The third-order valence-corrected chi connectivity index (χ3v) is 2.61. The van der Waals surface area contributed by atoms with E-state index in [1.807, 2.05) is 20.8 Å². The topological polar surface area (TPSA) is 26.3 Å². The van der Waals surface area contributed by atoms with Crippen LogP contribution in [-0.4, -0.2) is 18.0 Å². The van der Waals surface area contributed by atoms with Crippen molar-refractivity contribution in [3.8, 4) is 0 Å². The maximum atomic E-state index is 12.6. The largest absolute Gasteiger partial charge is 0.367 e. The van der Waals surface area contributed by atoms with Crippen LogP contribution >= 0.6 is 0 Å². The van der Waals surface area contributed by atoms with Gasteiger partial charge in [-0.05, 0) is 44.5 Å². The second-order valence-electron chi connectivity index (χ2n) is 4.33. The molecule has 0 unspecified atom stereocenters. The summed E-state index contributed by atoms with van der Waals surface area (Å²) < 4.78 is 18.1. The minimum atomic E-state index is -0.341. The van der Waals surface area contributed by atoms with Crippen LogP contribution in [0.25, 0.3) is 0 Å². The normalized spacial score (nSPS) is 11.5. The van der Waals surface area contributed by atoms with Crippen molar-refractivity contribution in [2.24, 2.45) is 0 Å². The van der Waals surface area contributed by atoms with Gasteiger partial charge in [0.05, 0.1) is 5.60 Å². The van der Waals surface area contributed by atoms with Crippen LogP contribution in [0.1, 0.15) is 37.6 Å². The summed E-state index contributed by atoms with van der Waals surface area (Å²) in [5, 5.41) is 0. The molecule has 0 saturated carbocycles. The van der Waals surface area contributed by atoms with Crippen LogP contribution in [0.2, 0.25) is 0 Å². The predicted octanol–water partition coefficient (Wildman–Crippen LogP) is 3.21. The third-order valence-electron chi connectivity index (χ3n) is 2.61. The van der Waals surface area contributed by atoms with Crippen LogP contribution in [0.4, 0.5) is 4.39 Å². The van der Waals surface area contributed by atoms with Crippen molar-refractivity contribution in [3.05, 3.63) is 35.6 Å². The number of rotatable bonds is 5. The number of carbonyl (C=O) groups excluding carboxylic acids is 1. The lowest BCUT2D eigenvalue weighted by Gasteiger charge is -2.22. The van der Waals surface area contributed by atoms with Crippen LogP contribution in [0.15, 0.2) is 24.3 Å². The molecule has 0 aromatic heterocycles. The quantitative estimate of drug-likeness (QED) is 0.718. The summed E-state index contributed by atoms with van der Waals surface area (Å²) in [6.07, 6.45) is 0.837. The van der Waals surface area contributed by atoms with Crippen molar-refractivity contribution in [2.75, 3.05) is 6.61 Å². The molecule has 0 radical (unpaired) electrons. The summed E-state index contributed by atoms with van der Waals surface area (Å²) >= 11 is 0. The fourth-order valence-electron chi connectivity index (χ4n) is 1.08. The van der Waals surface area contributed by atoms with Crippen molar-refractivity contribution in [1.29, 1.82) is 0 Å². The molecule has 0 saturated heterocycles. The van der Waals surface area contributed by atoms with E-state index in [1.165, 1.54) is 24.3 Å². The number of benzene rings is 1. The van der Waals surface area contributed by atoms with E-state index in [0.29, 0.717) is 5.56 Å². The van der Waals surface area contributed by atoms with Gasteiger partial charge in [0.25, 0.3) is 0 Å². The molecule has 0 aliphatic rings. The highest BCUT2D eigenvalue weighted by Crippen LogP contribution is 2.14. The van der Waals surface area contributed by atoms with Gasteiger partial charge in [-0.25, -0.2) is 4.39 Å². The standard InChI is InChI=1S/C13H17FO2/c1-4-13(2,3)16-9-12(15)10-5-7-11(14)8-6-10/h5-8H,4,9H2,1-3H3. The molecule has 0 N–H and O–H groups in total. The Bertz CT molecular complexity index is 355.